The van der Waals surface area contributed by atoms with Gasteiger partial charge in [0.05, 0.1) is 13.2 Å². The van der Waals surface area contributed by atoms with Crippen LogP contribution in [0.4, 0.5) is 5.82 Å². The molecule has 1 rings (SSSR count). The van der Waals surface area contributed by atoms with Gasteiger partial charge in [-0.1, -0.05) is 0 Å². The number of nitrogens with zero attached hydrogens (tertiary/aromatic N) is 2. The molecule has 4 nitrogen and oxygen atoms in total. The van der Waals surface area contributed by atoms with Gasteiger partial charge in [-0.2, -0.15) is 0 Å². The molecule has 0 bridgehead atoms. The van der Waals surface area contributed by atoms with Crippen molar-refractivity contribution in [2.75, 3.05) is 38.3 Å². The minimum absolute atomic E-state index is 0.124. The first-order chi connectivity index (χ1) is 7.27. The van der Waals surface area contributed by atoms with Crippen LogP contribution < -0.4 is 4.90 Å². The van der Waals surface area contributed by atoms with E-state index in [-0.39, 0.29) is 6.61 Å². The Morgan fingerprint density at radius 1 is 1.47 bits per heavy atom. The number of hydrogen-bond donors (Lipinski definition) is 1. The minimum atomic E-state index is 0.124. The van der Waals surface area contributed by atoms with Gasteiger partial charge in [-0.05, 0) is 24.6 Å². The van der Waals surface area contributed by atoms with E-state index in [1.54, 1.807) is 13.3 Å². The normalized spacial score (nSPS) is 10.3. The van der Waals surface area contributed by atoms with Crippen LogP contribution in [0.2, 0.25) is 0 Å². The third-order valence-electron chi connectivity index (χ3n) is 2.16. The van der Waals surface area contributed by atoms with Gasteiger partial charge >= 0.3 is 0 Å². The van der Waals surface area contributed by atoms with Crippen molar-refractivity contribution >= 4 is 5.82 Å². The molecular formula is C11H18N2O2. The Morgan fingerprint density at radius 2 is 2.27 bits per heavy atom. The molecule has 0 unspecified atom stereocenters. The summed E-state index contributed by atoms with van der Waals surface area (Å²) in [6.45, 7) is 4.11. The standard InChI is InChI=1S/C11H18N2O2/c1-10-3-4-12-11(9-10)13(5-7-14)6-8-15-2/h3-4,9,14H,5-8H2,1-2H3. The fraction of sp³-hybridized carbons (Fsp3) is 0.545. The van der Waals surface area contributed by atoms with E-state index in [4.69, 9.17) is 9.84 Å². The molecule has 0 spiro atoms. The third-order valence-corrected chi connectivity index (χ3v) is 2.16. The van der Waals surface area contributed by atoms with E-state index in [2.05, 4.69) is 4.98 Å². The van der Waals surface area contributed by atoms with Crippen LogP contribution in [-0.2, 0) is 4.74 Å². The van der Waals surface area contributed by atoms with Gasteiger partial charge < -0.3 is 14.7 Å². The summed E-state index contributed by atoms with van der Waals surface area (Å²) in [5.74, 6) is 0.890. The minimum Gasteiger partial charge on any atom is -0.395 e. The first-order valence-corrected chi connectivity index (χ1v) is 5.05. The third kappa shape index (κ3) is 3.85. The first kappa shape index (κ1) is 11.9. The van der Waals surface area contributed by atoms with Gasteiger partial charge in [0.1, 0.15) is 5.82 Å². The smallest absolute Gasteiger partial charge is 0.128 e. The fourth-order valence-corrected chi connectivity index (χ4v) is 1.36. The van der Waals surface area contributed by atoms with Crippen LogP contribution in [0.3, 0.4) is 0 Å². The summed E-state index contributed by atoms with van der Waals surface area (Å²) in [4.78, 5) is 6.28. The van der Waals surface area contributed by atoms with Gasteiger partial charge in [-0.3, -0.25) is 0 Å². The van der Waals surface area contributed by atoms with Crippen LogP contribution in [-0.4, -0.2) is 43.5 Å². The lowest BCUT2D eigenvalue weighted by Gasteiger charge is -2.22. The molecule has 15 heavy (non-hydrogen) atoms. The number of aryl methyl sites for hydroxylation is 1. The number of methoxy groups -OCH3 is 1. The molecule has 84 valence electrons. The number of aromatic nitrogens is 1. The topological polar surface area (TPSA) is 45.6 Å². The Labute approximate surface area is 90.5 Å². The van der Waals surface area contributed by atoms with Crippen molar-refractivity contribution in [1.82, 2.24) is 4.98 Å². The average molecular weight is 210 g/mol. The van der Waals surface area contributed by atoms with Gasteiger partial charge in [0.25, 0.3) is 0 Å². The zero-order valence-electron chi connectivity index (χ0n) is 9.31. The quantitative estimate of drug-likeness (QED) is 0.755. The van der Waals surface area contributed by atoms with Crippen LogP contribution in [0.5, 0.6) is 0 Å². The van der Waals surface area contributed by atoms with E-state index >= 15 is 0 Å². The summed E-state index contributed by atoms with van der Waals surface area (Å²) in [5, 5.41) is 8.96. The van der Waals surface area contributed by atoms with Crippen molar-refractivity contribution in [2.45, 2.75) is 6.92 Å². The highest BCUT2D eigenvalue weighted by Crippen LogP contribution is 2.11. The van der Waals surface area contributed by atoms with E-state index in [1.165, 1.54) is 5.56 Å². The predicted octanol–water partition coefficient (Wildman–Crippen LogP) is 0.835. The molecule has 0 aliphatic carbocycles. The van der Waals surface area contributed by atoms with Gasteiger partial charge in [0, 0.05) is 26.4 Å². The molecule has 0 fully saturated rings. The van der Waals surface area contributed by atoms with Crippen LogP contribution in [0, 0.1) is 6.92 Å². The molecule has 1 heterocycles. The Morgan fingerprint density at radius 3 is 2.87 bits per heavy atom. The Balaban J connectivity index is 2.69. The lowest BCUT2D eigenvalue weighted by atomic mass is 10.3. The number of rotatable bonds is 6. The van der Waals surface area contributed by atoms with Gasteiger partial charge in [0.2, 0.25) is 0 Å². The molecule has 4 heteroatoms. The zero-order valence-corrected chi connectivity index (χ0v) is 9.31. The Bertz CT molecular complexity index is 292. The highest BCUT2D eigenvalue weighted by atomic mass is 16.5. The maximum atomic E-state index is 8.96. The number of ether oxygens (including phenoxy) is 1. The molecule has 0 aromatic carbocycles. The molecular weight excluding hydrogens is 192 g/mol. The Hall–Kier alpha value is -1.13. The molecule has 0 radical (unpaired) electrons. The first-order valence-electron chi connectivity index (χ1n) is 5.05. The van der Waals surface area contributed by atoms with Crippen molar-refractivity contribution in [3.05, 3.63) is 23.9 Å². The lowest BCUT2D eigenvalue weighted by molar-refractivity contribution is 0.202. The van der Waals surface area contributed by atoms with E-state index in [1.807, 2.05) is 24.0 Å². The van der Waals surface area contributed by atoms with E-state index in [0.29, 0.717) is 13.2 Å². The number of aliphatic hydroxyl groups is 1. The molecule has 0 atom stereocenters. The average Bonchev–Trinajstić information content (AvgIpc) is 2.24. The fourth-order valence-electron chi connectivity index (χ4n) is 1.36. The summed E-state index contributed by atoms with van der Waals surface area (Å²) in [5.41, 5.74) is 1.17. The highest BCUT2D eigenvalue weighted by Gasteiger charge is 2.06. The molecule has 0 aliphatic rings. The molecule has 0 saturated carbocycles. The highest BCUT2D eigenvalue weighted by molar-refractivity contribution is 5.40. The number of hydrogen-bond acceptors (Lipinski definition) is 4. The van der Waals surface area contributed by atoms with Crippen LogP contribution >= 0.6 is 0 Å². The molecule has 1 N–H and O–H groups in total. The second kappa shape index (κ2) is 6.37. The molecule has 1 aromatic heterocycles. The van der Waals surface area contributed by atoms with Crippen LogP contribution in [0.1, 0.15) is 5.56 Å². The monoisotopic (exact) mass is 210 g/mol. The summed E-state index contributed by atoms with van der Waals surface area (Å²) < 4.78 is 5.02. The SMILES string of the molecule is COCCN(CCO)c1cc(C)ccn1. The summed E-state index contributed by atoms with van der Waals surface area (Å²) >= 11 is 0. The van der Waals surface area contributed by atoms with Crippen molar-refractivity contribution in [1.29, 1.82) is 0 Å². The van der Waals surface area contributed by atoms with Crippen molar-refractivity contribution in [3.8, 4) is 0 Å². The van der Waals surface area contributed by atoms with Gasteiger partial charge in [-0.15, -0.1) is 0 Å². The molecule has 0 amide bonds. The number of anilines is 1. The largest absolute Gasteiger partial charge is 0.395 e. The zero-order chi connectivity index (χ0) is 11.1. The van der Waals surface area contributed by atoms with Crippen molar-refractivity contribution < 1.29 is 9.84 Å². The van der Waals surface area contributed by atoms with E-state index < -0.39 is 0 Å². The van der Waals surface area contributed by atoms with E-state index in [0.717, 1.165) is 12.4 Å². The summed E-state index contributed by atoms with van der Waals surface area (Å²) in [6.07, 6.45) is 1.78. The van der Waals surface area contributed by atoms with E-state index in [9.17, 15) is 0 Å². The van der Waals surface area contributed by atoms with Crippen LogP contribution in [0.25, 0.3) is 0 Å². The van der Waals surface area contributed by atoms with Crippen molar-refractivity contribution in [2.24, 2.45) is 0 Å². The number of pyridine rings is 1. The molecule has 0 saturated heterocycles. The van der Waals surface area contributed by atoms with Gasteiger partial charge in [0.15, 0.2) is 0 Å². The Kier molecular flexibility index (Phi) is 5.07. The summed E-state index contributed by atoms with van der Waals surface area (Å²) in [6, 6.07) is 3.96. The number of aliphatic hydroxyl groups excluding tert-OH is 1. The second-order valence-corrected chi connectivity index (χ2v) is 3.39. The van der Waals surface area contributed by atoms with Crippen molar-refractivity contribution in [3.63, 3.8) is 0 Å². The van der Waals surface area contributed by atoms with Gasteiger partial charge in [-0.25, -0.2) is 4.98 Å². The molecule has 1 aromatic rings. The summed E-state index contributed by atoms with van der Waals surface area (Å²) in [7, 11) is 1.67. The maximum absolute atomic E-state index is 8.96. The van der Waals surface area contributed by atoms with Crippen LogP contribution in [0.15, 0.2) is 18.3 Å². The predicted molar refractivity (Wildman–Crippen MR) is 60.1 cm³/mol. The lowest BCUT2D eigenvalue weighted by Crippen LogP contribution is -2.30. The maximum Gasteiger partial charge on any atom is 0.128 e. The second-order valence-electron chi connectivity index (χ2n) is 3.39. The molecule has 0 aliphatic heterocycles.